The third-order valence-electron chi connectivity index (χ3n) is 1.56. The number of aliphatic carboxylic acids is 1. The van der Waals surface area contributed by atoms with Crippen molar-refractivity contribution in [2.24, 2.45) is 0 Å². The lowest BCUT2D eigenvalue weighted by Crippen LogP contribution is -2.38. The van der Waals surface area contributed by atoms with Crippen molar-refractivity contribution in [2.75, 3.05) is 24.6 Å². The summed E-state index contributed by atoms with van der Waals surface area (Å²) in [6, 6.07) is -0.427. The number of carbonyl (C=O) groups is 2. The lowest BCUT2D eigenvalue weighted by atomic mass is 10.4. The fraction of sp³-hybridized carbons (Fsp3) is 0.750. The molecule has 0 saturated heterocycles. The summed E-state index contributed by atoms with van der Waals surface area (Å²) in [7, 11) is -0.893. The van der Waals surface area contributed by atoms with Crippen LogP contribution in [0.5, 0.6) is 0 Å². The van der Waals surface area contributed by atoms with Crippen LogP contribution in [0.1, 0.15) is 13.3 Å². The second-order valence-electron chi connectivity index (χ2n) is 2.76. The van der Waals surface area contributed by atoms with Gasteiger partial charge in [-0.25, -0.2) is 4.79 Å². The van der Waals surface area contributed by atoms with Crippen molar-refractivity contribution in [3.63, 3.8) is 0 Å². The van der Waals surface area contributed by atoms with Crippen LogP contribution in [-0.2, 0) is 15.6 Å². The molecule has 0 radical (unpaired) electrons. The summed E-state index contributed by atoms with van der Waals surface area (Å²) in [5.74, 6) is 0.0351. The highest BCUT2D eigenvalue weighted by molar-refractivity contribution is 7.84. The van der Waals surface area contributed by atoms with Crippen molar-refractivity contribution in [2.45, 2.75) is 13.3 Å². The van der Waals surface area contributed by atoms with Crippen molar-refractivity contribution in [3.8, 4) is 0 Å². The summed E-state index contributed by atoms with van der Waals surface area (Å²) >= 11 is 0. The van der Waals surface area contributed by atoms with E-state index >= 15 is 0 Å². The van der Waals surface area contributed by atoms with Crippen LogP contribution in [0, 0.1) is 0 Å². The molecule has 0 aliphatic rings. The molecule has 0 heterocycles. The molecule has 0 aromatic heterocycles. The minimum atomic E-state index is -0.956. The van der Waals surface area contributed by atoms with Gasteiger partial charge in [-0.3, -0.25) is 9.00 Å². The maximum Gasteiger partial charge on any atom is 0.314 e. The summed E-state index contributed by atoms with van der Waals surface area (Å²) in [5, 5.41) is 13.2. The van der Waals surface area contributed by atoms with Crippen LogP contribution in [0.15, 0.2) is 0 Å². The number of rotatable bonds is 7. The lowest BCUT2D eigenvalue weighted by Gasteiger charge is -2.05. The molecule has 0 aromatic rings. The molecule has 0 saturated carbocycles. The minimum Gasteiger partial charge on any atom is -0.481 e. The van der Waals surface area contributed by atoms with Gasteiger partial charge in [0, 0.05) is 35.4 Å². The molecule has 0 aromatic carbocycles. The Morgan fingerprint density at radius 3 is 2.40 bits per heavy atom. The molecule has 6 nitrogen and oxygen atoms in total. The fourth-order valence-electron chi connectivity index (χ4n) is 0.768. The Kier molecular flexibility index (Phi) is 7.61. The summed E-state index contributed by atoms with van der Waals surface area (Å²) in [5.41, 5.74) is 0. The number of hydrogen-bond acceptors (Lipinski definition) is 3. The molecule has 0 aliphatic carbocycles. The molecular weight excluding hydrogens is 220 g/mol. The van der Waals surface area contributed by atoms with E-state index in [0.29, 0.717) is 18.1 Å². The van der Waals surface area contributed by atoms with E-state index in [1.807, 2.05) is 6.92 Å². The molecule has 0 rings (SSSR count). The molecule has 1 atom stereocenters. The van der Waals surface area contributed by atoms with Crippen molar-refractivity contribution >= 4 is 22.8 Å². The van der Waals surface area contributed by atoms with E-state index in [0.717, 1.165) is 0 Å². The molecule has 0 aliphatic heterocycles. The third kappa shape index (κ3) is 9.20. The molecule has 1 unspecified atom stereocenters. The topological polar surface area (TPSA) is 95.5 Å². The largest absolute Gasteiger partial charge is 0.481 e. The first-order valence-corrected chi connectivity index (χ1v) is 6.13. The number of hydrogen-bond donors (Lipinski definition) is 3. The van der Waals surface area contributed by atoms with E-state index in [1.54, 1.807) is 0 Å². The molecule has 88 valence electrons. The summed E-state index contributed by atoms with van der Waals surface area (Å²) in [4.78, 5) is 21.1. The van der Waals surface area contributed by atoms with E-state index < -0.39 is 22.8 Å². The minimum absolute atomic E-state index is 0.0953. The average molecular weight is 236 g/mol. The van der Waals surface area contributed by atoms with E-state index in [2.05, 4.69) is 10.6 Å². The number of urea groups is 1. The van der Waals surface area contributed by atoms with Gasteiger partial charge in [0.15, 0.2) is 0 Å². The summed E-state index contributed by atoms with van der Waals surface area (Å²) < 4.78 is 11.0. The maximum atomic E-state index is 11.0. The van der Waals surface area contributed by atoms with Gasteiger partial charge in [0.05, 0.1) is 6.42 Å². The van der Waals surface area contributed by atoms with Crippen LogP contribution >= 0.6 is 0 Å². The molecule has 3 N–H and O–H groups in total. The number of carbonyl (C=O) groups excluding carboxylic acids is 1. The molecule has 0 bridgehead atoms. The van der Waals surface area contributed by atoms with Gasteiger partial charge in [-0.15, -0.1) is 0 Å². The second kappa shape index (κ2) is 8.22. The zero-order chi connectivity index (χ0) is 11.7. The quantitative estimate of drug-likeness (QED) is 0.557. The van der Waals surface area contributed by atoms with Crippen LogP contribution in [0.3, 0.4) is 0 Å². The van der Waals surface area contributed by atoms with Gasteiger partial charge in [-0.2, -0.15) is 0 Å². The second-order valence-corrected chi connectivity index (χ2v) is 4.62. The fourth-order valence-corrected chi connectivity index (χ4v) is 1.39. The van der Waals surface area contributed by atoms with E-state index in [-0.39, 0.29) is 13.0 Å². The van der Waals surface area contributed by atoms with Gasteiger partial charge in [-0.1, -0.05) is 6.92 Å². The van der Waals surface area contributed by atoms with Crippen molar-refractivity contribution in [1.82, 2.24) is 10.6 Å². The van der Waals surface area contributed by atoms with Crippen LogP contribution in [0.4, 0.5) is 4.79 Å². The van der Waals surface area contributed by atoms with Crippen molar-refractivity contribution < 1.29 is 18.9 Å². The number of carboxylic acids is 1. The zero-order valence-corrected chi connectivity index (χ0v) is 9.43. The SMILES string of the molecule is CCS(=O)CCNC(=O)NCCC(=O)O. The monoisotopic (exact) mass is 236 g/mol. The zero-order valence-electron chi connectivity index (χ0n) is 8.62. The number of amides is 2. The highest BCUT2D eigenvalue weighted by atomic mass is 32.2. The molecular formula is C8H16N2O4S. The van der Waals surface area contributed by atoms with Gasteiger partial charge < -0.3 is 15.7 Å². The first-order chi connectivity index (χ1) is 7.06. The Morgan fingerprint density at radius 2 is 1.87 bits per heavy atom. The molecule has 7 heteroatoms. The molecule has 2 amide bonds. The van der Waals surface area contributed by atoms with Crippen LogP contribution in [-0.4, -0.2) is 45.9 Å². The summed E-state index contributed by atoms with van der Waals surface area (Å²) in [6.45, 7) is 2.24. The van der Waals surface area contributed by atoms with Crippen LogP contribution in [0.2, 0.25) is 0 Å². The van der Waals surface area contributed by atoms with Gasteiger partial charge in [0.1, 0.15) is 0 Å². The first kappa shape index (κ1) is 13.9. The number of carboxylic acid groups (broad SMARTS) is 1. The Morgan fingerprint density at radius 1 is 1.27 bits per heavy atom. The van der Waals surface area contributed by atoms with Crippen LogP contribution < -0.4 is 10.6 Å². The van der Waals surface area contributed by atoms with E-state index in [4.69, 9.17) is 5.11 Å². The highest BCUT2D eigenvalue weighted by Gasteiger charge is 2.02. The van der Waals surface area contributed by atoms with E-state index in [1.165, 1.54) is 0 Å². The molecule has 0 fully saturated rings. The summed E-state index contributed by atoms with van der Waals surface area (Å²) in [6.07, 6.45) is -0.103. The van der Waals surface area contributed by atoms with Gasteiger partial charge in [-0.05, 0) is 0 Å². The Bertz CT molecular complexity index is 245. The Hall–Kier alpha value is -1.11. The maximum absolute atomic E-state index is 11.0. The van der Waals surface area contributed by atoms with Gasteiger partial charge in [0.25, 0.3) is 0 Å². The predicted molar refractivity (Wildman–Crippen MR) is 57.2 cm³/mol. The first-order valence-electron chi connectivity index (χ1n) is 4.64. The Balaban J connectivity index is 3.41. The number of nitrogens with one attached hydrogen (secondary N) is 2. The third-order valence-corrected chi connectivity index (χ3v) is 2.87. The highest BCUT2D eigenvalue weighted by Crippen LogP contribution is 1.79. The lowest BCUT2D eigenvalue weighted by molar-refractivity contribution is -0.136. The average Bonchev–Trinajstić information content (AvgIpc) is 2.17. The van der Waals surface area contributed by atoms with Gasteiger partial charge in [0.2, 0.25) is 0 Å². The molecule has 15 heavy (non-hydrogen) atoms. The Labute approximate surface area is 90.9 Å². The standard InChI is InChI=1S/C8H16N2O4S/c1-2-15(14)6-5-10-8(13)9-4-3-7(11)12/h2-6H2,1H3,(H,11,12)(H2,9,10,13). The van der Waals surface area contributed by atoms with Crippen molar-refractivity contribution in [1.29, 1.82) is 0 Å². The predicted octanol–water partition coefficient (Wildman–Crippen LogP) is -0.471. The van der Waals surface area contributed by atoms with Gasteiger partial charge >= 0.3 is 12.0 Å². The van der Waals surface area contributed by atoms with E-state index in [9.17, 15) is 13.8 Å². The normalized spacial score (nSPS) is 11.8. The van der Waals surface area contributed by atoms with Crippen LogP contribution in [0.25, 0.3) is 0 Å². The molecule has 0 spiro atoms. The smallest absolute Gasteiger partial charge is 0.314 e. The van der Waals surface area contributed by atoms with Crippen molar-refractivity contribution in [3.05, 3.63) is 0 Å².